The van der Waals surface area contributed by atoms with Gasteiger partial charge in [0.05, 0.1) is 13.0 Å². The van der Waals surface area contributed by atoms with Gasteiger partial charge in [-0.3, -0.25) is 24.0 Å². The quantitative estimate of drug-likeness (QED) is 0.624. The van der Waals surface area contributed by atoms with Crippen molar-refractivity contribution in [2.24, 2.45) is 13.0 Å². The van der Waals surface area contributed by atoms with E-state index < -0.39 is 0 Å². The second kappa shape index (κ2) is 10.4. The average Bonchev–Trinajstić information content (AvgIpc) is 3.42. The second-order valence-corrected chi connectivity index (χ2v) is 8.97. The van der Waals surface area contributed by atoms with Crippen LogP contribution in [0.4, 0.5) is 5.69 Å². The first kappa shape index (κ1) is 24.0. The molecule has 1 N–H and O–H groups in total. The van der Waals surface area contributed by atoms with Crippen LogP contribution in [0.15, 0.2) is 30.5 Å². The van der Waals surface area contributed by atoms with E-state index in [9.17, 15) is 14.4 Å². The fraction of sp³-hybridized carbons (Fsp3) is 0.478. The van der Waals surface area contributed by atoms with Gasteiger partial charge in [-0.05, 0) is 24.3 Å². The van der Waals surface area contributed by atoms with Crippen molar-refractivity contribution >= 4 is 35.0 Å². The van der Waals surface area contributed by atoms with Gasteiger partial charge in [0, 0.05) is 76.2 Å². The highest BCUT2D eigenvalue weighted by atomic mass is 35.5. The fourth-order valence-corrected chi connectivity index (χ4v) is 4.47. The standard InChI is InChI=1S/C23H29ClN6O4/c1-27-15-19(22(26-27)34-2)23(33)29-11-9-28(10-12-29)8-7-25-21(32)16-13-20(31)30(14-16)18-5-3-17(24)4-6-18/h3-6,15-16H,7-14H2,1-2H3,(H,25,32). The lowest BCUT2D eigenvalue weighted by atomic mass is 10.1. The van der Waals surface area contributed by atoms with Crippen molar-refractivity contribution in [2.75, 3.05) is 57.8 Å². The Kier molecular flexibility index (Phi) is 7.38. The molecule has 0 saturated carbocycles. The molecule has 10 nitrogen and oxygen atoms in total. The SMILES string of the molecule is COc1nn(C)cc1C(=O)N1CCN(CCNC(=O)C2CC(=O)N(c3ccc(Cl)cc3)C2)CC1. The molecule has 2 fully saturated rings. The van der Waals surface area contributed by atoms with Crippen molar-refractivity contribution < 1.29 is 19.1 Å². The summed E-state index contributed by atoms with van der Waals surface area (Å²) in [5.41, 5.74) is 1.21. The predicted molar refractivity (Wildman–Crippen MR) is 127 cm³/mol. The molecule has 1 aromatic heterocycles. The van der Waals surface area contributed by atoms with Crippen molar-refractivity contribution in [3.63, 3.8) is 0 Å². The van der Waals surface area contributed by atoms with Gasteiger partial charge in [-0.15, -0.1) is 5.10 Å². The molecule has 1 unspecified atom stereocenters. The maximum Gasteiger partial charge on any atom is 0.261 e. The Morgan fingerprint density at radius 1 is 1.18 bits per heavy atom. The second-order valence-electron chi connectivity index (χ2n) is 8.53. The number of halogens is 1. The summed E-state index contributed by atoms with van der Waals surface area (Å²) in [7, 11) is 3.25. The maximum atomic E-state index is 12.8. The van der Waals surface area contributed by atoms with Gasteiger partial charge < -0.3 is 19.9 Å². The molecule has 0 radical (unpaired) electrons. The molecule has 3 amide bonds. The number of piperazine rings is 1. The van der Waals surface area contributed by atoms with Crippen molar-refractivity contribution in [1.82, 2.24) is 24.9 Å². The highest BCUT2D eigenvalue weighted by Gasteiger charge is 2.35. The van der Waals surface area contributed by atoms with Crippen molar-refractivity contribution in [3.05, 3.63) is 41.0 Å². The first-order chi connectivity index (χ1) is 16.4. The average molecular weight is 489 g/mol. The minimum atomic E-state index is -0.368. The molecule has 2 aromatic rings. The Bertz CT molecular complexity index is 1050. The van der Waals surface area contributed by atoms with Crippen LogP contribution in [-0.4, -0.2) is 90.2 Å². The van der Waals surface area contributed by atoms with Crippen LogP contribution in [0, 0.1) is 5.92 Å². The van der Waals surface area contributed by atoms with Gasteiger partial charge in [0.2, 0.25) is 17.7 Å². The monoisotopic (exact) mass is 488 g/mol. The Balaban J connectivity index is 1.20. The summed E-state index contributed by atoms with van der Waals surface area (Å²) in [5.74, 6) is -0.297. The lowest BCUT2D eigenvalue weighted by Gasteiger charge is -2.34. The van der Waals surface area contributed by atoms with Crippen LogP contribution in [0.3, 0.4) is 0 Å². The zero-order valence-corrected chi connectivity index (χ0v) is 20.1. The molecule has 0 bridgehead atoms. The van der Waals surface area contributed by atoms with E-state index in [0.29, 0.717) is 49.2 Å². The smallest absolute Gasteiger partial charge is 0.261 e. The molecule has 182 valence electrons. The van der Waals surface area contributed by atoms with Gasteiger partial charge in [-0.25, -0.2) is 0 Å². The Hall–Kier alpha value is -3.11. The third-order valence-corrected chi connectivity index (χ3v) is 6.49. The molecule has 0 aliphatic carbocycles. The topological polar surface area (TPSA) is 100 Å². The highest BCUT2D eigenvalue weighted by molar-refractivity contribution is 6.30. The molecular weight excluding hydrogens is 460 g/mol. The van der Waals surface area contributed by atoms with E-state index in [1.54, 1.807) is 52.0 Å². The van der Waals surface area contributed by atoms with Gasteiger partial charge in [-0.1, -0.05) is 11.6 Å². The Morgan fingerprint density at radius 2 is 1.88 bits per heavy atom. The van der Waals surface area contributed by atoms with E-state index in [1.165, 1.54) is 7.11 Å². The molecule has 1 atom stereocenters. The number of hydrogen-bond acceptors (Lipinski definition) is 6. The van der Waals surface area contributed by atoms with Crippen LogP contribution < -0.4 is 15.0 Å². The first-order valence-electron chi connectivity index (χ1n) is 11.3. The summed E-state index contributed by atoms with van der Waals surface area (Å²) in [4.78, 5) is 43.4. The molecule has 0 spiro atoms. The number of hydrogen-bond donors (Lipinski definition) is 1. The zero-order valence-electron chi connectivity index (χ0n) is 19.4. The lowest BCUT2D eigenvalue weighted by molar-refractivity contribution is -0.126. The highest BCUT2D eigenvalue weighted by Crippen LogP contribution is 2.26. The summed E-state index contributed by atoms with van der Waals surface area (Å²) < 4.78 is 6.77. The molecule has 4 rings (SSSR count). The van der Waals surface area contributed by atoms with Crippen LogP contribution in [0.25, 0.3) is 0 Å². The lowest BCUT2D eigenvalue weighted by Crippen LogP contribution is -2.50. The van der Waals surface area contributed by atoms with E-state index in [-0.39, 0.29) is 30.1 Å². The summed E-state index contributed by atoms with van der Waals surface area (Å²) >= 11 is 5.92. The third kappa shape index (κ3) is 5.34. The molecular formula is C23H29ClN6O4. The summed E-state index contributed by atoms with van der Waals surface area (Å²) in [6.07, 6.45) is 1.87. The number of nitrogens with one attached hydrogen (secondary N) is 1. The molecule has 3 heterocycles. The number of aryl methyl sites for hydroxylation is 1. The number of benzene rings is 1. The number of nitrogens with zero attached hydrogens (tertiary/aromatic N) is 5. The summed E-state index contributed by atoms with van der Waals surface area (Å²) in [6, 6.07) is 7.04. The number of methoxy groups -OCH3 is 1. The number of anilines is 1. The molecule has 11 heteroatoms. The Labute approximate surface area is 203 Å². The van der Waals surface area contributed by atoms with E-state index in [0.717, 1.165) is 18.8 Å². The van der Waals surface area contributed by atoms with Gasteiger partial charge >= 0.3 is 0 Å². The van der Waals surface area contributed by atoms with Gasteiger partial charge in [0.1, 0.15) is 5.56 Å². The summed E-state index contributed by atoms with van der Waals surface area (Å²) in [6.45, 7) is 4.17. The van der Waals surface area contributed by atoms with E-state index in [2.05, 4.69) is 15.3 Å². The molecule has 2 aliphatic heterocycles. The van der Waals surface area contributed by atoms with Gasteiger partial charge in [0.15, 0.2) is 0 Å². The minimum Gasteiger partial charge on any atom is -0.479 e. The van der Waals surface area contributed by atoms with Crippen LogP contribution in [0.5, 0.6) is 5.88 Å². The van der Waals surface area contributed by atoms with Crippen molar-refractivity contribution in [3.8, 4) is 5.88 Å². The van der Waals surface area contributed by atoms with Gasteiger partial charge in [0.25, 0.3) is 5.91 Å². The van der Waals surface area contributed by atoms with E-state index in [1.807, 2.05) is 0 Å². The predicted octanol–water partition coefficient (Wildman–Crippen LogP) is 1.01. The van der Waals surface area contributed by atoms with Crippen LogP contribution >= 0.6 is 11.6 Å². The number of ether oxygens (including phenoxy) is 1. The number of aromatic nitrogens is 2. The van der Waals surface area contributed by atoms with Crippen LogP contribution in [0.1, 0.15) is 16.8 Å². The normalized spacial score (nSPS) is 18.9. The Morgan fingerprint density at radius 3 is 2.56 bits per heavy atom. The summed E-state index contributed by atoms with van der Waals surface area (Å²) in [5, 5.41) is 7.71. The first-order valence-corrected chi connectivity index (χ1v) is 11.7. The minimum absolute atomic E-state index is 0.0616. The van der Waals surface area contributed by atoms with E-state index in [4.69, 9.17) is 16.3 Å². The van der Waals surface area contributed by atoms with Crippen LogP contribution in [-0.2, 0) is 16.6 Å². The third-order valence-electron chi connectivity index (χ3n) is 6.24. The molecule has 1 aromatic carbocycles. The molecule has 2 aliphatic rings. The van der Waals surface area contributed by atoms with Crippen molar-refractivity contribution in [1.29, 1.82) is 0 Å². The van der Waals surface area contributed by atoms with Crippen LogP contribution in [0.2, 0.25) is 5.02 Å². The number of carbonyl (C=O) groups excluding carboxylic acids is 3. The number of amides is 3. The van der Waals surface area contributed by atoms with E-state index >= 15 is 0 Å². The maximum absolute atomic E-state index is 12.8. The van der Waals surface area contributed by atoms with Crippen molar-refractivity contribution in [2.45, 2.75) is 6.42 Å². The number of carbonyl (C=O) groups is 3. The van der Waals surface area contributed by atoms with Gasteiger partial charge in [-0.2, -0.15) is 0 Å². The zero-order chi connectivity index (χ0) is 24.2. The number of rotatable bonds is 7. The molecule has 2 saturated heterocycles. The fourth-order valence-electron chi connectivity index (χ4n) is 4.35. The largest absolute Gasteiger partial charge is 0.479 e. The molecule has 34 heavy (non-hydrogen) atoms.